The molecule has 3 rings (SSSR count). The molecule has 1 atom stereocenters. The van der Waals surface area contributed by atoms with Gasteiger partial charge in [-0.25, -0.2) is 0 Å². The maximum atomic E-state index is 9.94. The number of β-amino-alcohol motifs (C(OH)–C–C–N with tert-alkyl or cyclic N) is 1. The van der Waals surface area contributed by atoms with Crippen LogP contribution >= 0.6 is 0 Å². The van der Waals surface area contributed by atoms with E-state index >= 15 is 0 Å². The van der Waals surface area contributed by atoms with Crippen LogP contribution < -0.4 is 5.32 Å². The summed E-state index contributed by atoms with van der Waals surface area (Å²) in [5.41, 5.74) is 3.44. The van der Waals surface area contributed by atoms with Crippen LogP contribution in [0.4, 0.5) is 0 Å². The van der Waals surface area contributed by atoms with Crippen molar-refractivity contribution in [3.05, 3.63) is 28.9 Å². The average molecular weight is 234 g/mol. The lowest BCUT2D eigenvalue weighted by Crippen LogP contribution is -2.27. The zero-order valence-electron chi connectivity index (χ0n) is 9.77. The Balaban J connectivity index is 2.13. The molecule has 0 bridgehead atoms. The molecule has 2 N–H and O–H groups in total. The summed E-state index contributed by atoms with van der Waals surface area (Å²) in [6.45, 7) is 5.01. The minimum absolute atomic E-state index is 0.446. The van der Waals surface area contributed by atoms with Crippen molar-refractivity contribution in [1.82, 2.24) is 20.1 Å². The number of hydrogen-bond donors (Lipinski definition) is 2. The van der Waals surface area contributed by atoms with Gasteiger partial charge in [0.1, 0.15) is 6.26 Å². The van der Waals surface area contributed by atoms with Crippen LogP contribution in [-0.4, -0.2) is 26.4 Å². The smallest absolute Gasteiger partial charge is 0.323 e. The first kappa shape index (κ1) is 10.5. The standard InChI is InChI=1S/C11H14N4O2/c1-6-5-17-11(13-6)15-7(2)10-8(14-15)3-12-4-9(10)16/h5,9,12,16H,3-4H2,1-2H3. The Kier molecular flexibility index (Phi) is 2.27. The van der Waals surface area contributed by atoms with Gasteiger partial charge >= 0.3 is 6.01 Å². The third-order valence-electron chi connectivity index (χ3n) is 2.99. The maximum Gasteiger partial charge on any atom is 0.323 e. The molecule has 3 heterocycles. The second-order valence-electron chi connectivity index (χ2n) is 4.28. The molecule has 90 valence electrons. The number of hydrogen-bond acceptors (Lipinski definition) is 5. The van der Waals surface area contributed by atoms with Crippen LogP contribution in [0.15, 0.2) is 10.7 Å². The van der Waals surface area contributed by atoms with E-state index in [2.05, 4.69) is 15.4 Å². The van der Waals surface area contributed by atoms with Gasteiger partial charge in [0.2, 0.25) is 0 Å². The van der Waals surface area contributed by atoms with Crippen molar-refractivity contribution in [2.24, 2.45) is 0 Å². The number of aromatic nitrogens is 3. The van der Waals surface area contributed by atoms with E-state index in [1.807, 2.05) is 13.8 Å². The normalized spacial score (nSPS) is 19.4. The Hall–Kier alpha value is -1.66. The zero-order valence-corrected chi connectivity index (χ0v) is 9.77. The monoisotopic (exact) mass is 234 g/mol. The number of fused-ring (bicyclic) bond motifs is 1. The molecule has 0 amide bonds. The predicted octanol–water partition coefficient (Wildman–Crippen LogP) is 0.614. The Bertz CT molecular complexity index is 558. The highest BCUT2D eigenvalue weighted by molar-refractivity contribution is 5.33. The molecule has 0 fully saturated rings. The summed E-state index contributed by atoms with van der Waals surface area (Å²) >= 11 is 0. The van der Waals surface area contributed by atoms with Crippen molar-refractivity contribution < 1.29 is 9.52 Å². The number of aliphatic hydroxyl groups excluding tert-OH is 1. The molecule has 0 aromatic carbocycles. The summed E-state index contributed by atoms with van der Waals surface area (Å²) < 4.78 is 6.98. The highest BCUT2D eigenvalue weighted by Crippen LogP contribution is 2.26. The molecule has 1 aliphatic heterocycles. The highest BCUT2D eigenvalue weighted by Gasteiger charge is 2.26. The van der Waals surface area contributed by atoms with Crippen molar-refractivity contribution >= 4 is 0 Å². The van der Waals surface area contributed by atoms with Crippen LogP contribution in [0, 0.1) is 13.8 Å². The first-order valence-electron chi connectivity index (χ1n) is 5.56. The van der Waals surface area contributed by atoms with Gasteiger partial charge in [-0.1, -0.05) is 0 Å². The number of nitrogens with one attached hydrogen (secondary N) is 1. The van der Waals surface area contributed by atoms with Crippen molar-refractivity contribution in [2.45, 2.75) is 26.5 Å². The van der Waals surface area contributed by atoms with Gasteiger partial charge in [0, 0.05) is 18.7 Å². The van der Waals surface area contributed by atoms with E-state index in [4.69, 9.17) is 4.42 Å². The molecule has 0 saturated heterocycles. The van der Waals surface area contributed by atoms with Crippen LogP contribution in [0.5, 0.6) is 0 Å². The summed E-state index contributed by atoms with van der Waals surface area (Å²) in [5.74, 6) is 0. The molecular weight excluding hydrogens is 220 g/mol. The molecular formula is C11H14N4O2. The molecule has 6 heteroatoms. The van der Waals surface area contributed by atoms with Gasteiger partial charge in [0.15, 0.2) is 0 Å². The SMILES string of the molecule is Cc1coc(-n2nc3c(c2C)C(O)CNC3)n1. The quantitative estimate of drug-likeness (QED) is 0.756. The number of aryl methyl sites for hydroxylation is 1. The van der Waals surface area contributed by atoms with Crippen molar-refractivity contribution in [2.75, 3.05) is 6.54 Å². The van der Waals surface area contributed by atoms with Crippen LogP contribution in [-0.2, 0) is 6.54 Å². The summed E-state index contributed by atoms with van der Waals surface area (Å²) in [6.07, 6.45) is 1.08. The topological polar surface area (TPSA) is 76.1 Å². The Labute approximate surface area is 98.3 Å². The predicted molar refractivity (Wildman–Crippen MR) is 59.8 cm³/mol. The van der Waals surface area contributed by atoms with E-state index in [-0.39, 0.29) is 0 Å². The summed E-state index contributed by atoms with van der Waals surface area (Å²) in [5, 5.41) is 17.5. The van der Waals surface area contributed by atoms with Gasteiger partial charge in [-0.2, -0.15) is 14.8 Å². The van der Waals surface area contributed by atoms with Crippen molar-refractivity contribution in [3.63, 3.8) is 0 Å². The molecule has 17 heavy (non-hydrogen) atoms. The van der Waals surface area contributed by atoms with Gasteiger partial charge in [-0.15, -0.1) is 0 Å². The zero-order chi connectivity index (χ0) is 12.0. The van der Waals surface area contributed by atoms with Crippen LogP contribution in [0.3, 0.4) is 0 Å². The van der Waals surface area contributed by atoms with Crippen LogP contribution in [0.1, 0.15) is 28.7 Å². The van der Waals surface area contributed by atoms with E-state index in [0.29, 0.717) is 19.1 Å². The van der Waals surface area contributed by atoms with Crippen molar-refractivity contribution in [1.29, 1.82) is 0 Å². The molecule has 2 aromatic rings. The van der Waals surface area contributed by atoms with Crippen LogP contribution in [0.2, 0.25) is 0 Å². The summed E-state index contributed by atoms with van der Waals surface area (Å²) in [4.78, 5) is 4.24. The first-order valence-corrected chi connectivity index (χ1v) is 5.56. The van der Waals surface area contributed by atoms with Gasteiger partial charge in [-0.3, -0.25) is 0 Å². The molecule has 1 aliphatic rings. The van der Waals surface area contributed by atoms with Crippen LogP contribution in [0.25, 0.3) is 6.01 Å². The minimum atomic E-state index is -0.511. The van der Waals surface area contributed by atoms with E-state index in [0.717, 1.165) is 22.6 Å². The van der Waals surface area contributed by atoms with Gasteiger partial charge < -0.3 is 14.8 Å². The molecule has 0 spiro atoms. The number of oxazole rings is 1. The fourth-order valence-electron chi connectivity index (χ4n) is 2.19. The van der Waals surface area contributed by atoms with E-state index in [1.54, 1.807) is 10.9 Å². The molecule has 0 saturated carbocycles. The fourth-order valence-corrected chi connectivity index (χ4v) is 2.19. The fraction of sp³-hybridized carbons (Fsp3) is 0.455. The number of aliphatic hydroxyl groups is 1. The first-order chi connectivity index (χ1) is 8.16. The lowest BCUT2D eigenvalue weighted by Gasteiger charge is -2.18. The minimum Gasteiger partial charge on any atom is -0.430 e. The average Bonchev–Trinajstić information content (AvgIpc) is 2.84. The summed E-state index contributed by atoms with van der Waals surface area (Å²) in [6, 6.07) is 0.446. The molecule has 0 radical (unpaired) electrons. The number of rotatable bonds is 1. The third-order valence-corrected chi connectivity index (χ3v) is 2.99. The Morgan fingerprint density at radius 1 is 1.53 bits per heavy atom. The van der Waals surface area contributed by atoms with E-state index in [1.165, 1.54) is 0 Å². The largest absolute Gasteiger partial charge is 0.430 e. The Morgan fingerprint density at radius 3 is 3.00 bits per heavy atom. The number of nitrogens with zero attached hydrogens (tertiary/aromatic N) is 3. The maximum absolute atomic E-state index is 9.94. The third kappa shape index (κ3) is 1.57. The lowest BCUT2D eigenvalue weighted by molar-refractivity contribution is 0.164. The van der Waals surface area contributed by atoms with E-state index < -0.39 is 6.10 Å². The lowest BCUT2D eigenvalue weighted by atomic mass is 10.0. The van der Waals surface area contributed by atoms with Gasteiger partial charge in [0.25, 0.3) is 0 Å². The van der Waals surface area contributed by atoms with Crippen molar-refractivity contribution in [3.8, 4) is 6.01 Å². The summed E-state index contributed by atoms with van der Waals surface area (Å²) in [7, 11) is 0. The van der Waals surface area contributed by atoms with Gasteiger partial charge in [-0.05, 0) is 13.8 Å². The van der Waals surface area contributed by atoms with E-state index in [9.17, 15) is 5.11 Å². The second kappa shape index (κ2) is 3.68. The molecule has 1 unspecified atom stereocenters. The molecule has 6 nitrogen and oxygen atoms in total. The second-order valence-corrected chi connectivity index (χ2v) is 4.28. The molecule has 2 aromatic heterocycles. The van der Waals surface area contributed by atoms with Gasteiger partial charge in [0.05, 0.1) is 23.2 Å². The highest BCUT2D eigenvalue weighted by atomic mass is 16.4. The molecule has 0 aliphatic carbocycles. The Morgan fingerprint density at radius 2 is 2.35 bits per heavy atom.